The Morgan fingerprint density at radius 3 is 3.00 bits per heavy atom. The van der Waals surface area contributed by atoms with Gasteiger partial charge in [-0.15, -0.1) is 0 Å². The van der Waals surface area contributed by atoms with Crippen molar-refractivity contribution in [3.05, 3.63) is 0 Å². The SMILES string of the molecule is OCCCN1CCCC(CF)C1. The second-order valence-corrected chi connectivity index (χ2v) is 3.54. The molecule has 1 atom stereocenters. The van der Waals surface area contributed by atoms with E-state index in [0.717, 1.165) is 38.9 Å². The van der Waals surface area contributed by atoms with Crippen molar-refractivity contribution >= 4 is 0 Å². The third-order valence-corrected chi connectivity index (χ3v) is 2.45. The standard InChI is InChI=1S/C9H18FNO/c10-7-9-3-1-4-11(8-9)5-2-6-12/h9,12H,1-8H2. The summed E-state index contributed by atoms with van der Waals surface area (Å²) in [6.45, 7) is 2.95. The Kier molecular flexibility index (Phi) is 4.54. The van der Waals surface area contributed by atoms with E-state index >= 15 is 0 Å². The molecule has 1 fully saturated rings. The molecule has 0 amide bonds. The maximum Gasteiger partial charge on any atom is 0.0934 e. The predicted molar refractivity (Wildman–Crippen MR) is 46.8 cm³/mol. The molecule has 1 aliphatic heterocycles. The molecule has 0 aromatic heterocycles. The molecule has 0 saturated carbocycles. The van der Waals surface area contributed by atoms with Gasteiger partial charge in [-0.1, -0.05) is 0 Å². The summed E-state index contributed by atoms with van der Waals surface area (Å²) in [5, 5.41) is 8.62. The Morgan fingerprint density at radius 2 is 2.33 bits per heavy atom. The van der Waals surface area contributed by atoms with Crippen LogP contribution in [0.1, 0.15) is 19.3 Å². The minimum Gasteiger partial charge on any atom is -0.396 e. The summed E-state index contributed by atoms with van der Waals surface area (Å²) in [5.74, 6) is 0.248. The van der Waals surface area contributed by atoms with Crippen LogP contribution in [0, 0.1) is 5.92 Å². The molecule has 1 heterocycles. The van der Waals surface area contributed by atoms with Crippen molar-refractivity contribution in [2.75, 3.05) is 32.9 Å². The summed E-state index contributed by atoms with van der Waals surface area (Å²) in [4.78, 5) is 2.25. The van der Waals surface area contributed by atoms with Crippen molar-refractivity contribution < 1.29 is 9.50 Å². The molecule has 72 valence electrons. The lowest BCUT2D eigenvalue weighted by molar-refractivity contribution is 0.142. The largest absolute Gasteiger partial charge is 0.396 e. The van der Waals surface area contributed by atoms with Crippen LogP contribution in [0.4, 0.5) is 4.39 Å². The average molecular weight is 175 g/mol. The maximum atomic E-state index is 12.3. The van der Waals surface area contributed by atoms with Crippen molar-refractivity contribution in [3.8, 4) is 0 Å². The lowest BCUT2D eigenvalue weighted by Gasteiger charge is -2.31. The van der Waals surface area contributed by atoms with Crippen molar-refractivity contribution in [1.82, 2.24) is 4.90 Å². The highest BCUT2D eigenvalue weighted by molar-refractivity contribution is 4.71. The van der Waals surface area contributed by atoms with Gasteiger partial charge in [-0.05, 0) is 25.8 Å². The van der Waals surface area contributed by atoms with Gasteiger partial charge in [0.1, 0.15) is 0 Å². The molecular formula is C9H18FNO. The van der Waals surface area contributed by atoms with Gasteiger partial charge in [0.2, 0.25) is 0 Å². The smallest absolute Gasteiger partial charge is 0.0934 e. The number of hydrogen-bond acceptors (Lipinski definition) is 2. The highest BCUT2D eigenvalue weighted by atomic mass is 19.1. The Balaban J connectivity index is 2.16. The quantitative estimate of drug-likeness (QED) is 0.690. The van der Waals surface area contributed by atoms with Crippen LogP contribution in [0.3, 0.4) is 0 Å². The third-order valence-electron chi connectivity index (χ3n) is 2.45. The Morgan fingerprint density at radius 1 is 1.50 bits per heavy atom. The van der Waals surface area contributed by atoms with Crippen LogP contribution in [0.5, 0.6) is 0 Å². The van der Waals surface area contributed by atoms with Gasteiger partial charge >= 0.3 is 0 Å². The molecule has 0 aliphatic carbocycles. The summed E-state index contributed by atoms with van der Waals surface area (Å²) < 4.78 is 12.3. The van der Waals surface area contributed by atoms with E-state index in [2.05, 4.69) is 4.90 Å². The fraction of sp³-hybridized carbons (Fsp3) is 1.00. The van der Waals surface area contributed by atoms with E-state index in [9.17, 15) is 4.39 Å². The number of piperidine rings is 1. The highest BCUT2D eigenvalue weighted by Crippen LogP contribution is 2.16. The lowest BCUT2D eigenvalue weighted by Crippen LogP contribution is -2.37. The van der Waals surface area contributed by atoms with E-state index in [1.165, 1.54) is 0 Å². The Labute approximate surface area is 73.4 Å². The van der Waals surface area contributed by atoms with Crippen LogP contribution in [0.15, 0.2) is 0 Å². The van der Waals surface area contributed by atoms with Crippen molar-refractivity contribution in [2.45, 2.75) is 19.3 Å². The fourth-order valence-corrected chi connectivity index (χ4v) is 1.77. The van der Waals surface area contributed by atoms with E-state index in [4.69, 9.17) is 5.11 Å². The molecule has 1 rings (SSSR count). The first-order chi connectivity index (χ1) is 5.86. The second kappa shape index (κ2) is 5.49. The summed E-state index contributed by atoms with van der Waals surface area (Å²) in [6.07, 6.45) is 2.96. The molecule has 3 heteroatoms. The van der Waals surface area contributed by atoms with E-state index in [-0.39, 0.29) is 19.2 Å². The average Bonchev–Trinajstić information content (AvgIpc) is 2.15. The van der Waals surface area contributed by atoms with E-state index in [0.29, 0.717) is 0 Å². The zero-order valence-corrected chi connectivity index (χ0v) is 7.51. The Hall–Kier alpha value is -0.150. The van der Waals surface area contributed by atoms with Gasteiger partial charge in [-0.25, -0.2) is 0 Å². The number of rotatable bonds is 4. The first-order valence-corrected chi connectivity index (χ1v) is 4.76. The molecule has 2 nitrogen and oxygen atoms in total. The Bertz CT molecular complexity index is 121. The van der Waals surface area contributed by atoms with Crippen LogP contribution in [-0.4, -0.2) is 42.9 Å². The van der Waals surface area contributed by atoms with Crippen LogP contribution in [-0.2, 0) is 0 Å². The number of alkyl halides is 1. The minimum absolute atomic E-state index is 0.185. The summed E-state index contributed by atoms with van der Waals surface area (Å²) >= 11 is 0. The van der Waals surface area contributed by atoms with E-state index in [1.807, 2.05) is 0 Å². The predicted octanol–water partition coefficient (Wildman–Crippen LogP) is 1.05. The summed E-state index contributed by atoms with van der Waals surface area (Å²) in [5.41, 5.74) is 0. The third kappa shape index (κ3) is 3.07. The van der Waals surface area contributed by atoms with Crippen LogP contribution < -0.4 is 0 Å². The van der Waals surface area contributed by atoms with Gasteiger partial charge in [-0.2, -0.15) is 0 Å². The molecule has 0 aromatic carbocycles. The molecule has 12 heavy (non-hydrogen) atoms. The number of halogens is 1. The van der Waals surface area contributed by atoms with Gasteiger partial charge in [-0.3, -0.25) is 4.39 Å². The minimum atomic E-state index is -0.185. The van der Waals surface area contributed by atoms with Gasteiger partial charge in [0.05, 0.1) is 6.67 Å². The van der Waals surface area contributed by atoms with Crippen molar-refractivity contribution in [3.63, 3.8) is 0 Å². The van der Waals surface area contributed by atoms with E-state index < -0.39 is 0 Å². The van der Waals surface area contributed by atoms with Crippen LogP contribution >= 0.6 is 0 Å². The van der Waals surface area contributed by atoms with Crippen molar-refractivity contribution in [1.29, 1.82) is 0 Å². The molecule has 1 N–H and O–H groups in total. The molecule has 0 radical (unpaired) electrons. The first kappa shape index (κ1) is 9.93. The van der Waals surface area contributed by atoms with Crippen molar-refractivity contribution in [2.24, 2.45) is 5.92 Å². The molecule has 0 aromatic rings. The van der Waals surface area contributed by atoms with Crippen LogP contribution in [0.2, 0.25) is 0 Å². The monoisotopic (exact) mass is 175 g/mol. The van der Waals surface area contributed by atoms with Gasteiger partial charge in [0.25, 0.3) is 0 Å². The topological polar surface area (TPSA) is 23.5 Å². The summed E-state index contributed by atoms with van der Waals surface area (Å²) in [6, 6.07) is 0. The number of aliphatic hydroxyl groups excluding tert-OH is 1. The molecule has 0 bridgehead atoms. The highest BCUT2D eigenvalue weighted by Gasteiger charge is 2.18. The fourth-order valence-electron chi connectivity index (χ4n) is 1.77. The number of hydrogen-bond donors (Lipinski definition) is 1. The molecule has 1 aliphatic rings. The maximum absolute atomic E-state index is 12.3. The normalized spacial score (nSPS) is 26.0. The van der Waals surface area contributed by atoms with Gasteiger partial charge in [0, 0.05) is 25.6 Å². The van der Waals surface area contributed by atoms with Gasteiger partial charge < -0.3 is 10.0 Å². The number of aliphatic hydroxyl groups is 1. The zero-order valence-electron chi connectivity index (χ0n) is 7.51. The molecule has 1 saturated heterocycles. The van der Waals surface area contributed by atoms with E-state index in [1.54, 1.807) is 0 Å². The van der Waals surface area contributed by atoms with Crippen LogP contribution in [0.25, 0.3) is 0 Å². The first-order valence-electron chi connectivity index (χ1n) is 4.76. The molecule has 1 unspecified atom stereocenters. The lowest BCUT2D eigenvalue weighted by atomic mass is 9.99. The molecule has 0 spiro atoms. The molecular weight excluding hydrogens is 157 g/mol. The second-order valence-electron chi connectivity index (χ2n) is 3.54. The van der Waals surface area contributed by atoms with Gasteiger partial charge in [0.15, 0.2) is 0 Å². The summed E-state index contributed by atoms with van der Waals surface area (Å²) in [7, 11) is 0. The zero-order chi connectivity index (χ0) is 8.81. The number of likely N-dealkylation sites (tertiary alicyclic amines) is 1. The number of nitrogens with zero attached hydrogens (tertiary/aromatic N) is 1.